The Kier molecular flexibility index (Phi) is 6.70. The first-order chi connectivity index (χ1) is 13.7. The third kappa shape index (κ3) is 5.37. The smallest absolute Gasteiger partial charge is 0.333 e. The van der Waals surface area contributed by atoms with Gasteiger partial charge >= 0.3 is 5.97 Å². The zero-order valence-electron chi connectivity index (χ0n) is 15.6. The van der Waals surface area contributed by atoms with Gasteiger partial charge in [0, 0.05) is 31.0 Å². The van der Waals surface area contributed by atoms with E-state index in [9.17, 15) is 9.90 Å². The Bertz CT molecular complexity index is 898. The molecule has 3 rings (SSSR count). The van der Waals surface area contributed by atoms with Crippen molar-refractivity contribution in [1.29, 1.82) is 0 Å². The van der Waals surface area contributed by atoms with Crippen LogP contribution in [0.4, 0.5) is 0 Å². The van der Waals surface area contributed by atoms with Gasteiger partial charge in [-0.15, -0.1) is 0 Å². The van der Waals surface area contributed by atoms with Gasteiger partial charge in [0.25, 0.3) is 0 Å². The molecule has 0 amide bonds. The average Bonchev–Trinajstić information content (AvgIpc) is 2.73. The first kappa shape index (κ1) is 19.5. The Morgan fingerprint density at radius 3 is 2.46 bits per heavy atom. The topological polar surface area (TPSA) is 81.5 Å². The number of carboxylic acids is 1. The van der Waals surface area contributed by atoms with Crippen LogP contribution in [0.3, 0.4) is 0 Å². The van der Waals surface area contributed by atoms with E-state index < -0.39 is 12.1 Å². The van der Waals surface area contributed by atoms with Gasteiger partial charge in [-0.2, -0.15) is 0 Å². The molecular weight excluding hydrogens is 356 g/mol. The summed E-state index contributed by atoms with van der Waals surface area (Å²) in [7, 11) is 0. The molecule has 144 valence electrons. The van der Waals surface area contributed by atoms with E-state index in [1.807, 2.05) is 48.5 Å². The summed E-state index contributed by atoms with van der Waals surface area (Å²) < 4.78 is 11.1. The summed E-state index contributed by atoms with van der Waals surface area (Å²) in [5.74, 6) is 0.439. The van der Waals surface area contributed by atoms with Crippen LogP contribution in [0.15, 0.2) is 67.0 Å². The summed E-state index contributed by atoms with van der Waals surface area (Å²) >= 11 is 0. The largest absolute Gasteiger partial charge is 0.489 e. The Morgan fingerprint density at radius 2 is 1.79 bits per heavy atom. The van der Waals surface area contributed by atoms with Crippen LogP contribution < -0.4 is 4.74 Å². The molecule has 0 saturated carbocycles. The molecule has 0 fully saturated rings. The van der Waals surface area contributed by atoms with Crippen LogP contribution in [0.2, 0.25) is 0 Å². The molecule has 0 aliphatic heterocycles. The summed E-state index contributed by atoms with van der Waals surface area (Å²) in [5.41, 5.74) is 2.83. The SMILES string of the molecule is CCOC(Cc1ccc(OCc2cccc(-c3ncccn3)c2)cc1)C(=O)O. The van der Waals surface area contributed by atoms with Gasteiger partial charge in [0.1, 0.15) is 12.4 Å². The second-order valence-corrected chi connectivity index (χ2v) is 6.19. The molecule has 0 aliphatic rings. The van der Waals surface area contributed by atoms with Crippen molar-refractivity contribution in [3.05, 3.63) is 78.1 Å². The summed E-state index contributed by atoms with van der Waals surface area (Å²) in [4.78, 5) is 19.7. The Labute approximate surface area is 163 Å². The number of rotatable bonds is 9. The van der Waals surface area contributed by atoms with Crippen LogP contribution in [0, 0.1) is 0 Å². The van der Waals surface area contributed by atoms with Crippen molar-refractivity contribution in [3.63, 3.8) is 0 Å². The standard InChI is InChI=1S/C22H22N2O4/c1-2-27-20(22(25)26)14-16-7-9-19(10-8-16)28-15-17-5-3-6-18(13-17)21-23-11-4-12-24-21/h3-13,20H,2,14-15H2,1H3,(H,25,26). The molecule has 6 heteroatoms. The maximum Gasteiger partial charge on any atom is 0.333 e. The van der Waals surface area contributed by atoms with Gasteiger partial charge in [0.2, 0.25) is 0 Å². The molecule has 0 saturated heterocycles. The predicted molar refractivity (Wildman–Crippen MR) is 105 cm³/mol. The van der Waals surface area contributed by atoms with Gasteiger partial charge in [0.05, 0.1) is 0 Å². The van der Waals surface area contributed by atoms with Crippen molar-refractivity contribution in [3.8, 4) is 17.1 Å². The van der Waals surface area contributed by atoms with E-state index in [1.165, 1.54) is 0 Å². The van der Waals surface area contributed by atoms with Gasteiger partial charge in [-0.25, -0.2) is 14.8 Å². The summed E-state index contributed by atoms with van der Waals surface area (Å²) in [6.07, 6.45) is 2.92. The second-order valence-electron chi connectivity index (χ2n) is 6.19. The maximum atomic E-state index is 11.2. The van der Waals surface area contributed by atoms with E-state index in [0.29, 0.717) is 31.2 Å². The highest BCUT2D eigenvalue weighted by molar-refractivity contribution is 5.72. The Hall–Kier alpha value is -3.25. The average molecular weight is 378 g/mol. The van der Waals surface area contributed by atoms with Gasteiger partial charge in [-0.1, -0.05) is 30.3 Å². The zero-order chi connectivity index (χ0) is 19.8. The lowest BCUT2D eigenvalue weighted by molar-refractivity contribution is -0.149. The molecule has 0 radical (unpaired) electrons. The van der Waals surface area contributed by atoms with E-state index in [1.54, 1.807) is 25.4 Å². The van der Waals surface area contributed by atoms with Gasteiger partial charge in [-0.05, 0) is 42.3 Å². The number of nitrogens with zero attached hydrogens (tertiary/aromatic N) is 2. The molecule has 3 aromatic rings. The normalized spacial score (nSPS) is 11.8. The van der Waals surface area contributed by atoms with Crippen LogP contribution in [0.1, 0.15) is 18.1 Å². The van der Waals surface area contributed by atoms with Gasteiger partial charge < -0.3 is 14.6 Å². The number of benzene rings is 2. The van der Waals surface area contributed by atoms with Crippen molar-refractivity contribution in [2.75, 3.05) is 6.61 Å². The summed E-state index contributed by atoms with van der Waals surface area (Å²) in [5, 5.41) is 9.18. The fourth-order valence-electron chi connectivity index (χ4n) is 2.77. The van der Waals surface area contributed by atoms with Crippen molar-refractivity contribution in [1.82, 2.24) is 9.97 Å². The van der Waals surface area contributed by atoms with Crippen molar-refractivity contribution >= 4 is 5.97 Å². The van der Waals surface area contributed by atoms with Crippen LogP contribution in [0.25, 0.3) is 11.4 Å². The maximum absolute atomic E-state index is 11.2. The van der Waals surface area contributed by atoms with Crippen molar-refractivity contribution < 1.29 is 19.4 Å². The predicted octanol–water partition coefficient (Wildman–Crippen LogP) is 3.75. The molecule has 0 spiro atoms. The van der Waals surface area contributed by atoms with E-state index >= 15 is 0 Å². The number of carboxylic acid groups (broad SMARTS) is 1. The molecule has 1 unspecified atom stereocenters. The molecule has 0 aliphatic carbocycles. The minimum absolute atomic E-state index is 0.322. The lowest BCUT2D eigenvalue weighted by atomic mass is 10.1. The third-order valence-corrected chi connectivity index (χ3v) is 4.14. The highest BCUT2D eigenvalue weighted by Crippen LogP contribution is 2.19. The van der Waals surface area contributed by atoms with E-state index in [-0.39, 0.29) is 0 Å². The van der Waals surface area contributed by atoms with Crippen LogP contribution in [-0.2, 0) is 22.6 Å². The molecular formula is C22H22N2O4. The highest BCUT2D eigenvalue weighted by atomic mass is 16.5. The quantitative estimate of drug-likeness (QED) is 0.611. The minimum Gasteiger partial charge on any atom is -0.489 e. The fraction of sp³-hybridized carbons (Fsp3) is 0.227. The highest BCUT2D eigenvalue weighted by Gasteiger charge is 2.17. The van der Waals surface area contributed by atoms with Crippen molar-refractivity contribution in [2.45, 2.75) is 26.1 Å². The second kappa shape index (κ2) is 9.62. The minimum atomic E-state index is -0.954. The van der Waals surface area contributed by atoms with Crippen molar-refractivity contribution in [2.24, 2.45) is 0 Å². The molecule has 1 atom stereocenters. The van der Waals surface area contributed by atoms with E-state index in [2.05, 4.69) is 9.97 Å². The van der Waals surface area contributed by atoms with Crippen LogP contribution >= 0.6 is 0 Å². The number of carbonyl (C=O) groups is 1. The molecule has 6 nitrogen and oxygen atoms in total. The van der Waals surface area contributed by atoms with Gasteiger partial charge in [-0.3, -0.25) is 0 Å². The third-order valence-electron chi connectivity index (χ3n) is 4.14. The number of hydrogen-bond acceptors (Lipinski definition) is 5. The molecule has 2 aromatic carbocycles. The number of aromatic nitrogens is 2. The number of ether oxygens (including phenoxy) is 2. The molecule has 1 N–H and O–H groups in total. The molecule has 28 heavy (non-hydrogen) atoms. The van der Waals surface area contributed by atoms with Crippen LogP contribution in [0.5, 0.6) is 5.75 Å². The molecule has 1 heterocycles. The van der Waals surface area contributed by atoms with E-state index in [0.717, 1.165) is 16.7 Å². The first-order valence-electron chi connectivity index (χ1n) is 9.08. The fourth-order valence-corrected chi connectivity index (χ4v) is 2.77. The monoisotopic (exact) mass is 378 g/mol. The molecule has 1 aromatic heterocycles. The lowest BCUT2D eigenvalue weighted by Gasteiger charge is -2.13. The zero-order valence-corrected chi connectivity index (χ0v) is 15.6. The Morgan fingerprint density at radius 1 is 1.04 bits per heavy atom. The van der Waals surface area contributed by atoms with Crippen LogP contribution in [-0.4, -0.2) is 33.8 Å². The number of aliphatic carboxylic acids is 1. The number of hydrogen-bond donors (Lipinski definition) is 1. The Balaban J connectivity index is 1.60. The van der Waals surface area contributed by atoms with Gasteiger partial charge in [0.15, 0.2) is 11.9 Å². The summed E-state index contributed by atoms with van der Waals surface area (Å²) in [6.45, 7) is 2.56. The first-order valence-corrected chi connectivity index (χ1v) is 9.08. The lowest BCUT2D eigenvalue weighted by Crippen LogP contribution is -2.26. The summed E-state index contributed by atoms with van der Waals surface area (Å²) in [6, 6.07) is 17.1. The van der Waals surface area contributed by atoms with E-state index in [4.69, 9.17) is 9.47 Å². The molecule has 0 bridgehead atoms.